The maximum atomic E-state index is 12.3. The van der Waals surface area contributed by atoms with Gasteiger partial charge >= 0.3 is 0 Å². The van der Waals surface area contributed by atoms with Gasteiger partial charge in [-0.3, -0.25) is 4.79 Å². The highest BCUT2D eigenvalue weighted by atomic mass is 16.5. The molecule has 2 rings (SSSR count). The zero-order chi connectivity index (χ0) is 14.0. The minimum absolute atomic E-state index is 0.0691. The third kappa shape index (κ3) is 2.97. The maximum absolute atomic E-state index is 12.3. The summed E-state index contributed by atoms with van der Waals surface area (Å²) in [5.41, 5.74) is 1.60. The number of aryl methyl sites for hydroxylation is 2. The van der Waals surface area contributed by atoms with Gasteiger partial charge in [-0.05, 0) is 33.6 Å². The smallest absolute Gasteiger partial charge is 0.227 e. The van der Waals surface area contributed by atoms with Crippen LogP contribution in [-0.4, -0.2) is 28.3 Å². The van der Waals surface area contributed by atoms with Crippen molar-refractivity contribution < 1.29 is 14.4 Å². The molecule has 0 spiro atoms. The van der Waals surface area contributed by atoms with Crippen LogP contribution >= 0.6 is 0 Å². The molecule has 1 aromatic rings. The summed E-state index contributed by atoms with van der Waals surface area (Å²) in [6, 6.07) is -0.121. The number of carbonyl (C=O) groups is 1. The van der Waals surface area contributed by atoms with Crippen LogP contribution in [0.4, 0.5) is 0 Å². The highest BCUT2D eigenvalue weighted by molar-refractivity contribution is 5.84. The molecule has 1 heterocycles. The number of nitrogens with zero attached hydrogens (tertiary/aromatic N) is 1. The molecule has 5 nitrogen and oxygen atoms in total. The van der Waals surface area contributed by atoms with Gasteiger partial charge in [0.05, 0.1) is 23.8 Å². The molecule has 1 amide bonds. The Kier molecular flexibility index (Phi) is 4.24. The van der Waals surface area contributed by atoms with Gasteiger partial charge in [-0.1, -0.05) is 18.0 Å². The summed E-state index contributed by atoms with van der Waals surface area (Å²) in [6.45, 7) is 5.50. The second-order valence-electron chi connectivity index (χ2n) is 5.43. The molecule has 3 atom stereocenters. The van der Waals surface area contributed by atoms with E-state index in [1.54, 1.807) is 0 Å². The predicted octanol–water partition coefficient (Wildman–Crippen LogP) is 1.81. The van der Waals surface area contributed by atoms with Crippen molar-refractivity contribution >= 4 is 5.91 Å². The Morgan fingerprint density at radius 2 is 2.11 bits per heavy atom. The topological polar surface area (TPSA) is 75.4 Å². The van der Waals surface area contributed by atoms with Crippen LogP contribution in [0.5, 0.6) is 0 Å². The van der Waals surface area contributed by atoms with Gasteiger partial charge in [-0.25, -0.2) is 0 Å². The fraction of sp³-hybridized carbons (Fsp3) is 0.714. The van der Waals surface area contributed by atoms with Gasteiger partial charge in [-0.2, -0.15) is 0 Å². The molecule has 1 aliphatic rings. The van der Waals surface area contributed by atoms with E-state index in [0.29, 0.717) is 5.76 Å². The predicted molar refractivity (Wildman–Crippen MR) is 70.8 cm³/mol. The van der Waals surface area contributed by atoms with E-state index in [4.69, 9.17) is 4.52 Å². The minimum atomic E-state index is -0.422. The molecule has 1 saturated carbocycles. The fourth-order valence-corrected chi connectivity index (χ4v) is 2.83. The highest BCUT2D eigenvalue weighted by Gasteiger charge is 2.28. The largest absolute Gasteiger partial charge is 0.391 e. The first-order valence-corrected chi connectivity index (χ1v) is 6.92. The third-order valence-corrected chi connectivity index (χ3v) is 3.97. The molecule has 0 aromatic carbocycles. The van der Waals surface area contributed by atoms with E-state index in [9.17, 15) is 9.90 Å². The summed E-state index contributed by atoms with van der Waals surface area (Å²) >= 11 is 0. The van der Waals surface area contributed by atoms with Gasteiger partial charge in [0.15, 0.2) is 0 Å². The van der Waals surface area contributed by atoms with Crippen molar-refractivity contribution in [2.75, 3.05) is 0 Å². The van der Waals surface area contributed by atoms with E-state index in [1.807, 2.05) is 20.8 Å². The Morgan fingerprint density at radius 3 is 2.68 bits per heavy atom. The number of hydrogen-bond donors (Lipinski definition) is 2. The Balaban J connectivity index is 2.03. The Hall–Kier alpha value is -1.36. The van der Waals surface area contributed by atoms with Crippen LogP contribution in [0.3, 0.4) is 0 Å². The number of carbonyl (C=O) groups excluding carboxylic acids is 1. The summed E-state index contributed by atoms with van der Waals surface area (Å²) in [5, 5.41) is 16.7. The van der Waals surface area contributed by atoms with Crippen molar-refractivity contribution in [1.29, 1.82) is 0 Å². The van der Waals surface area contributed by atoms with E-state index in [2.05, 4.69) is 10.5 Å². The summed E-state index contributed by atoms with van der Waals surface area (Å²) in [5.74, 6) is 0.310. The van der Waals surface area contributed by atoms with E-state index in [-0.39, 0.29) is 17.9 Å². The summed E-state index contributed by atoms with van der Waals surface area (Å²) < 4.78 is 5.10. The van der Waals surface area contributed by atoms with Crippen molar-refractivity contribution in [2.24, 2.45) is 0 Å². The average Bonchev–Trinajstić information content (AvgIpc) is 2.71. The Morgan fingerprint density at radius 1 is 1.42 bits per heavy atom. The molecule has 2 N–H and O–H groups in total. The summed E-state index contributed by atoms with van der Waals surface area (Å²) in [4.78, 5) is 12.3. The number of nitrogens with one attached hydrogen (secondary N) is 1. The van der Waals surface area contributed by atoms with Crippen LogP contribution in [0.15, 0.2) is 4.52 Å². The zero-order valence-electron chi connectivity index (χ0n) is 11.8. The molecule has 19 heavy (non-hydrogen) atoms. The molecule has 1 fully saturated rings. The number of hydrogen-bond acceptors (Lipinski definition) is 4. The molecule has 106 valence electrons. The molecule has 3 unspecified atom stereocenters. The lowest BCUT2D eigenvalue weighted by Gasteiger charge is -2.29. The van der Waals surface area contributed by atoms with Crippen LogP contribution in [0, 0.1) is 13.8 Å². The van der Waals surface area contributed by atoms with E-state index < -0.39 is 6.10 Å². The number of rotatable bonds is 3. The summed E-state index contributed by atoms with van der Waals surface area (Å²) in [6.07, 6.45) is 3.29. The molecule has 0 bridgehead atoms. The van der Waals surface area contributed by atoms with Gasteiger partial charge in [0.2, 0.25) is 5.91 Å². The van der Waals surface area contributed by atoms with Crippen molar-refractivity contribution in [3.63, 3.8) is 0 Å². The fourth-order valence-electron chi connectivity index (χ4n) is 2.83. The lowest BCUT2D eigenvalue weighted by atomic mass is 9.91. The normalized spacial score (nSPS) is 25.1. The second-order valence-corrected chi connectivity index (χ2v) is 5.43. The van der Waals surface area contributed by atoms with Crippen LogP contribution in [0.2, 0.25) is 0 Å². The molecule has 0 radical (unpaired) electrons. The molecule has 5 heteroatoms. The lowest BCUT2D eigenvalue weighted by molar-refractivity contribution is -0.124. The van der Waals surface area contributed by atoms with Gasteiger partial charge < -0.3 is 14.9 Å². The zero-order valence-corrected chi connectivity index (χ0v) is 11.8. The SMILES string of the molecule is Cc1noc(C)c1C(C)C(=O)NC1CCCCC1O. The monoisotopic (exact) mass is 266 g/mol. The van der Waals surface area contributed by atoms with E-state index in [1.165, 1.54) is 0 Å². The second kappa shape index (κ2) is 5.74. The number of aliphatic hydroxyl groups is 1. The van der Waals surface area contributed by atoms with Crippen molar-refractivity contribution in [2.45, 2.75) is 64.5 Å². The van der Waals surface area contributed by atoms with Crippen molar-refractivity contribution in [3.8, 4) is 0 Å². The molecular weight excluding hydrogens is 244 g/mol. The van der Waals surface area contributed by atoms with E-state index in [0.717, 1.165) is 36.9 Å². The number of aromatic nitrogens is 1. The molecule has 0 saturated heterocycles. The van der Waals surface area contributed by atoms with Gasteiger partial charge in [0.1, 0.15) is 5.76 Å². The highest BCUT2D eigenvalue weighted by Crippen LogP contribution is 2.24. The Bertz CT molecular complexity index is 436. The third-order valence-electron chi connectivity index (χ3n) is 3.97. The molecule has 0 aliphatic heterocycles. The Labute approximate surface area is 113 Å². The van der Waals surface area contributed by atoms with Gasteiger partial charge in [0.25, 0.3) is 0 Å². The van der Waals surface area contributed by atoms with Gasteiger partial charge in [-0.15, -0.1) is 0 Å². The molecular formula is C14H22N2O3. The minimum Gasteiger partial charge on any atom is -0.391 e. The average molecular weight is 266 g/mol. The van der Waals surface area contributed by atoms with Crippen molar-refractivity contribution in [1.82, 2.24) is 10.5 Å². The first kappa shape index (κ1) is 14.1. The quantitative estimate of drug-likeness (QED) is 0.875. The van der Waals surface area contributed by atoms with Gasteiger partial charge in [0, 0.05) is 5.56 Å². The lowest BCUT2D eigenvalue weighted by Crippen LogP contribution is -2.46. The van der Waals surface area contributed by atoms with Crippen LogP contribution in [0.25, 0.3) is 0 Å². The first-order valence-electron chi connectivity index (χ1n) is 6.92. The van der Waals surface area contributed by atoms with Crippen LogP contribution < -0.4 is 5.32 Å². The van der Waals surface area contributed by atoms with E-state index >= 15 is 0 Å². The molecule has 1 aromatic heterocycles. The van der Waals surface area contributed by atoms with Crippen LogP contribution in [-0.2, 0) is 4.79 Å². The number of aliphatic hydroxyl groups excluding tert-OH is 1. The van der Waals surface area contributed by atoms with Crippen molar-refractivity contribution in [3.05, 3.63) is 17.0 Å². The number of amides is 1. The standard InChI is InChI=1S/C14H22N2O3/c1-8(13-9(2)16-19-10(13)3)14(18)15-11-6-4-5-7-12(11)17/h8,11-12,17H,4-7H2,1-3H3,(H,15,18). The molecule has 1 aliphatic carbocycles. The van der Waals surface area contributed by atoms with Crippen LogP contribution in [0.1, 0.15) is 55.5 Å². The summed E-state index contributed by atoms with van der Waals surface area (Å²) in [7, 11) is 0. The first-order chi connectivity index (χ1) is 9.00. The maximum Gasteiger partial charge on any atom is 0.227 e.